The molecule has 0 fully saturated rings. The molecule has 0 saturated heterocycles. The number of halogens is 2. The number of carbonyl (C=O) groups is 1. The third kappa shape index (κ3) is 5.76. The van der Waals surface area contributed by atoms with Crippen molar-refractivity contribution in [2.75, 3.05) is 5.32 Å². The molecular formula is C16H14ClFN4O4S. The first-order valence-electron chi connectivity index (χ1n) is 7.50. The number of hydrazine groups is 1. The number of rotatable bonds is 5. The van der Waals surface area contributed by atoms with E-state index in [2.05, 4.69) is 16.2 Å². The van der Waals surface area contributed by atoms with E-state index in [1.54, 1.807) is 6.07 Å². The SMILES string of the molecule is C[C@H](Oc1ccccc1F)C(=O)NNC(=S)Nc1cc([N+](=O)[O-])ccc1Cl. The van der Waals surface area contributed by atoms with Crippen molar-refractivity contribution in [3.05, 3.63) is 63.4 Å². The second-order valence-corrected chi connectivity index (χ2v) is 6.00. The van der Waals surface area contributed by atoms with Crippen molar-refractivity contribution in [3.8, 4) is 5.75 Å². The zero-order valence-electron chi connectivity index (χ0n) is 13.9. The van der Waals surface area contributed by atoms with Crippen molar-refractivity contribution in [2.45, 2.75) is 13.0 Å². The second-order valence-electron chi connectivity index (χ2n) is 5.18. The van der Waals surface area contributed by atoms with E-state index in [-0.39, 0.29) is 27.3 Å². The van der Waals surface area contributed by atoms with E-state index < -0.39 is 22.8 Å². The number of nitro groups is 1. The quantitative estimate of drug-likeness (QED) is 0.393. The predicted octanol–water partition coefficient (Wildman–Crippen LogP) is 3.17. The van der Waals surface area contributed by atoms with Crippen molar-refractivity contribution in [2.24, 2.45) is 0 Å². The van der Waals surface area contributed by atoms with Crippen molar-refractivity contribution in [1.29, 1.82) is 0 Å². The Kier molecular flexibility index (Phi) is 6.85. The fourth-order valence-corrected chi connectivity index (χ4v) is 2.21. The molecule has 2 rings (SSSR count). The van der Waals surface area contributed by atoms with Gasteiger partial charge >= 0.3 is 0 Å². The molecule has 142 valence electrons. The molecule has 0 saturated carbocycles. The molecule has 1 atom stereocenters. The first-order valence-corrected chi connectivity index (χ1v) is 8.28. The molecular weight excluding hydrogens is 399 g/mol. The summed E-state index contributed by atoms with van der Waals surface area (Å²) in [5.41, 5.74) is 4.70. The van der Waals surface area contributed by atoms with Crippen LogP contribution in [0.4, 0.5) is 15.8 Å². The summed E-state index contributed by atoms with van der Waals surface area (Å²) >= 11 is 10.9. The van der Waals surface area contributed by atoms with Gasteiger partial charge in [0, 0.05) is 12.1 Å². The highest BCUT2D eigenvalue weighted by Crippen LogP contribution is 2.26. The van der Waals surface area contributed by atoms with E-state index in [1.807, 2.05) is 0 Å². The molecule has 8 nitrogen and oxygen atoms in total. The molecule has 2 aromatic rings. The largest absolute Gasteiger partial charge is 0.478 e. The van der Waals surface area contributed by atoms with Crippen LogP contribution in [0.25, 0.3) is 0 Å². The summed E-state index contributed by atoms with van der Waals surface area (Å²) in [4.78, 5) is 22.2. The average Bonchev–Trinajstić information content (AvgIpc) is 2.63. The van der Waals surface area contributed by atoms with Gasteiger partial charge in [-0.25, -0.2) is 4.39 Å². The first-order chi connectivity index (χ1) is 12.8. The van der Waals surface area contributed by atoms with E-state index in [4.69, 9.17) is 28.6 Å². The normalized spacial score (nSPS) is 11.2. The van der Waals surface area contributed by atoms with Crippen LogP contribution < -0.4 is 20.9 Å². The summed E-state index contributed by atoms with van der Waals surface area (Å²) in [6.45, 7) is 1.43. The molecule has 27 heavy (non-hydrogen) atoms. The van der Waals surface area contributed by atoms with Crippen LogP contribution in [-0.4, -0.2) is 22.0 Å². The van der Waals surface area contributed by atoms with Gasteiger partial charge in [-0.3, -0.25) is 25.8 Å². The van der Waals surface area contributed by atoms with Crippen LogP contribution in [0.15, 0.2) is 42.5 Å². The highest BCUT2D eigenvalue weighted by atomic mass is 35.5. The maximum absolute atomic E-state index is 13.5. The molecule has 2 aromatic carbocycles. The van der Waals surface area contributed by atoms with Gasteiger partial charge in [0.1, 0.15) is 0 Å². The Morgan fingerprint density at radius 2 is 2.00 bits per heavy atom. The van der Waals surface area contributed by atoms with Crippen LogP contribution in [0.1, 0.15) is 6.92 Å². The molecule has 0 aliphatic carbocycles. The van der Waals surface area contributed by atoms with Gasteiger partial charge in [0.2, 0.25) is 0 Å². The molecule has 0 unspecified atom stereocenters. The summed E-state index contributed by atoms with van der Waals surface area (Å²) in [6, 6.07) is 9.45. The first kappa shape index (κ1) is 20.3. The highest BCUT2D eigenvalue weighted by Gasteiger charge is 2.17. The van der Waals surface area contributed by atoms with Gasteiger partial charge in [-0.05, 0) is 37.3 Å². The smallest absolute Gasteiger partial charge is 0.279 e. The maximum atomic E-state index is 13.5. The van der Waals surface area contributed by atoms with Crippen LogP contribution in [-0.2, 0) is 4.79 Å². The lowest BCUT2D eigenvalue weighted by atomic mass is 10.3. The van der Waals surface area contributed by atoms with Crippen LogP contribution in [0, 0.1) is 15.9 Å². The van der Waals surface area contributed by atoms with Crippen LogP contribution in [0.2, 0.25) is 5.02 Å². The Bertz CT molecular complexity index is 883. The van der Waals surface area contributed by atoms with Gasteiger partial charge < -0.3 is 10.1 Å². The minimum absolute atomic E-state index is 0.0655. The summed E-state index contributed by atoms with van der Waals surface area (Å²) in [5.74, 6) is -1.28. The molecule has 3 N–H and O–H groups in total. The topological polar surface area (TPSA) is 106 Å². The number of nitrogens with zero attached hydrogens (tertiary/aromatic N) is 1. The lowest BCUT2D eigenvalue weighted by molar-refractivity contribution is -0.384. The Morgan fingerprint density at radius 1 is 1.30 bits per heavy atom. The lowest BCUT2D eigenvalue weighted by Gasteiger charge is -2.17. The number of ether oxygens (including phenoxy) is 1. The number of benzene rings is 2. The van der Waals surface area contributed by atoms with E-state index in [9.17, 15) is 19.3 Å². The number of amides is 1. The number of nitro benzene ring substituents is 1. The minimum Gasteiger partial charge on any atom is -0.478 e. The van der Waals surface area contributed by atoms with E-state index in [1.165, 1.54) is 43.3 Å². The maximum Gasteiger partial charge on any atom is 0.279 e. The van der Waals surface area contributed by atoms with Crippen molar-refractivity contribution >= 4 is 46.2 Å². The van der Waals surface area contributed by atoms with E-state index in [0.717, 1.165) is 0 Å². The monoisotopic (exact) mass is 412 g/mol. The third-order valence-electron chi connectivity index (χ3n) is 3.22. The van der Waals surface area contributed by atoms with Crippen molar-refractivity contribution in [1.82, 2.24) is 10.9 Å². The van der Waals surface area contributed by atoms with Crippen molar-refractivity contribution in [3.63, 3.8) is 0 Å². The van der Waals surface area contributed by atoms with Crippen LogP contribution >= 0.6 is 23.8 Å². The number of nitrogens with one attached hydrogen (secondary N) is 3. The zero-order valence-corrected chi connectivity index (χ0v) is 15.4. The summed E-state index contributed by atoms with van der Waals surface area (Å²) in [6.07, 6.45) is -1.02. The van der Waals surface area contributed by atoms with E-state index in [0.29, 0.717) is 0 Å². The van der Waals surface area contributed by atoms with Gasteiger partial charge in [-0.15, -0.1) is 0 Å². The number of para-hydroxylation sites is 1. The van der Waals surface area contributed by atoms with Crippen molar-refractivity contribution < 1.29 is 18.8 Å². The fourth-order valence-electron chi connectivity index (χ4n) is 1.88. The molecule has 0 spiro atoms. The molecule has 1 amide bonds. The number of non-ortho nitro benzene ring substituents is 1. The minimum atomic E-state index is -1.02. The highest BCUT2D eigenvalue weighted by molar-refractivity contribution is 7.80. The Labute approximate surface area is 163 Å². The number of hydrogen-bond acceptors (Lipinski definition) is 5. The van der Waals surface area contributed by atoms with Gasteiger partial charge in [-0.1, -0.05) is 23.7 Å². The summed E-state index contributed by atoms with van der Waals surface area (Å²) < 4.78 is 18.8. The molecule has 0 bridgehead atoms. The second kappa shape index (κ2) is 9.10. The molecule has 0 heterocycles. The molecule has 0 radical (unpaired) electrons. The Balaban J connectivity index is 1.89. The number of carbonyl (C=O) groups excluding carboxylic acids is 1. The average molecular weight is 413 g/mol. The van der Waals surface area contributed by atoms with Gasteiger partial charge in [-0.2, -0.15) is 0 Å². The zero-order chi connectivity index (χ0) is 20.0. The lowest BCUT2D eigenvalue weighted by Crippen LogP contribution is -2.48. The van der Waals surface area contributed by atoms with Crippen LogP contribution in [0.3, 0.4) is 0 Å². The molecule has 0 aromatic heterocycles. The third-order valence-corrected chi connectivity index (χ3v) is 3.75. The molecule has 0 aliphatic heterocycles. The standard InChI is InChI=1S/C16H14ClFN4O4S/c1-9(26-14-5-3-2-4-12(14)18)15(23)20-21-16(27)19-13-8-10(22(24)25)6-7-11(13)17/h2-9H,1H3,(H,20,23)(H2,19,21,27)/t9-/m0/s1. The van der Waals surface area contributed by atoms with Gasteiger partial charge in [0.05, 0.1) is 15.6 Å². The van der Waals surface area contributed by atoms with Gasteiger partial charge in [0.15, 0.2) is 22.8 Å². The Hall–Kier alpha value is -2.98. The summed E-state index contributed by atoms with van der Waals surface area (Å²) in [7, 11) is 0. The molecule has 0 aliphatic rings. The Morgan fingerprint density at radius 3 is 2.67 bits per heavy atom. The summed E-state index contributed by atoms with van der Waals surface area (Å²) in [5, 5.41) is 13.6. The van der Waals surface area contributed by atoms with Gasteiger partial charge in [0.25, 0.3) is 11.6 Å². The fraction of sp³-hybridized carbons (Fsp3) is 0.125. The number of anilines is 1. The van der Waals surface area contributed by atoms with Crippen LogP contribution in [0.5, 0.6) is 5.75 Å². The number of thiocarbonyl (C=S) groups is 1. The van der Waals surface area contributed by atoms with E-state index >= 15 is 0 Å². The molecule has 11 heteroatoms. The number of hydrogen-bond donors (Lipinski definition) is 3. The predicted molar refractivity (Wildman–Crippen MR) is 102 cm³/mol.